The predicted molar refractivity (Wildman–Crippen MR) is 103 cm³/mol. The van der Waals surface area contributed by atoms with E-state index in [-0.39, 0.29) is 22.2 Å². The molecule has 0 aromatic rings. The van der Waals surface area contributed by atoms with Gasteiger partial charge in [0.05, 0.1) is 12.1 Å². The number of nitrogens with zero attached hydrogens (tertiary/aromatic N) is 4. The maximum absolute atomic E-state index is 4.87. The van der Waals surface area contributed by atoms with Crippen LogP contribution in [0.4, 0.5) is 0 Å². The molecule has 0 aromatic heterocycles. The molecule has 2 aliphatic heterocycles. The number of hydrogen-bond donors (Lipinski definition) is 0. The lowest BCUT2D eigenvalue weighted by atomic mass is 9.77. The first-order valence-electron chi connectivity index (χ1n) is 9.55. The molecule has 4 nitrogen and oxygen atoms in total. The Morgan fingerprint density at radius 3 is 0.958 bits per heavy atom. The highest BCUT2D eigenvalue weighted by Crippen LogP contribution is 2.40. The summed E-state index contributed by atoms with van der Waals surface area (Å²) in [5, 5.41) is 9.74. The van der Waals surface area contributed by atoms with Crippen LogP contribution in [0.15, 0.2) is 10.2 Å². The summed E-state index contributed by atoms with van der Waals surface area (Å²) in [7, 11) is 4.49. The van der Waals surface area contributed by atoms with E-state index in [1.165, 1.54) is 0 Å². The number of rotatable bonds is 2. The van der Waals surface area contributed by atoms with Gasteiger partial charge in [-0.15, -0.1) is 0 Å². The highest BCUT2D eigenvalue weighted by Gasteiger charge is 2.45. The van der Waals surface area contributed by atoms with Crippen molar-refractivity contribution in [2.45, 2.75) is 115 Å². The van der Waals surface area contributed by atoms with E-state index in [0.29, 0.717) is 12.1 Å². The standard InChI is InChI=1S/C20H40N4/c1-17(2)11-15(12-18(3,4)23(17)9)21-22-16-13-19(5,6)24(10)20(7,8)14-16/h15-16H,11-14H2,1-10H3. The van der Waals surface area contributed by atoms with Gasteiger partial charge in [-0.2, -0.15) is 10.2 Å². The number of azo groups is 1. The van der Waals surface area contributed by atoms with E-state index < -0.39 is 0 Å². The van der Waals surface area contributed by atoms with Gasteiger partial charge in [0.15, 0.2) is 0 Å². The van der Waals surface area contributed by atoms with Gasteiger partial charge < -0.3 is 0 Å². The molecule has 2 fully saturated rings. The lowest BCUT2D eigenvalue weighted by molar-refractivity contribution is -0.0185. The van der Waals surface area contributed by atoms with E-state index in [1.807, 2.05) is 0 Å². The average Bonchev–Trinajstić information content (AvgIpc) is 2.38. The Kier molecular flexibility index (Phi) is 5.00. The third-order valence-corrected chi connectivity index (χ3v) is 6.97. The monoisotopic (exact) mass is 336 g/mol. The highest BCUT2D eigenvalue weighted by molar-refractivity contribution is 5.02. The Morgan fingerprint density at radius 2 is 0.750 bits per heavy atom. The van der Waals surface area contributed by atoms with Gasteiger partial charge >= 0.3 is 0 Å². The van der Waals surface area contributed by atoms with Crippen molar-refractivity contribution < 1.29 is 0 Å². The molecule has 2 heterocycles. The van der Waals surface area contributed by atoms with Crippen LogP contribution in [-0.4, -0.2) is 58.1 Å². The molecule has 2 aliphatic rings. The first kappa shape index (κ1) is 19.8. The van der Waals surface area contributed by atoms with Crippen molar-refractivity contribution in [3.63, 3.8) is 0 Å². The summed E-state index contributed by atoms with van der Waals surface area (Å²) in [4.78, 5) is 5.02. The van der Waals surface area contributed by atoms with Crippen molar-refractivity contribution in [3.05, 3.63) is 0 Å². The summed E-state index contributed by atoms with van der Waals surface area (Å²) >= 11 is 0. The molecule has 0 N–H and O–H groups in total. The van der Waals surface area contributed by atoms with Crippen LogP contribution in [0.25, 0.3) is 0 Å². The molecule has 0 aliphatic carbocycles. The molecule has 0 atom stereocenters. The zero-order valence-corrected chi connectivity index (χ0v) is 17.8. The van der Waals surface area contributed by atoms with Crippen LogP contribution in [-0.2, 0) is 0 Å². The Hall–Kier alpha value is -0.480. The van der Waals surface area contributed by atoms with Gasteiger partial charge in [0.2, 0.25) is 0 Å². The number of likely N-dealkylation sites (tertiary alicyclic amines) is 2. The van der Waals surface area contributed by atoms with Gasteiger partial charge in [-0.3, -0.25) is 9.80 Å². The number of hydrogen-bond acceptors (Lipinski definition) is 4. The summed E-state index contributed by atoms with van der Waals surface area (Å²) in [6.45, 7) is 18.7. The lowest BCUT2D eigenvalue weighted by Crippen LogP contribution is -2.60. The van der Waals surface area contributed by atoms with Crippen LogP contribution in [0.1, 0.15) is 81.1 Å². The largest absolute Gasteiger partial charge is 0.296 e. The minimum Gasteiger partial charge on any atom is -0.296 e. The quantitative estimate of drug-likeness (QED) is 0.682. The normalized spacial score (nSPS) is 31.6. The van der Waals surface area contributed by atoms with Gasteiger partial charge in [-0.1, -0.05) is 0 Å². The Labute approximate surface area is 150 Å². The first-order valence-corrected chi connectivity index (χ1v) is 9.55. The van der Waals surface area contributed by atoms with E-state index in [0.717, 1.165) is 25.7 Å². The molecule has 4 heteroatoms. The van der Waals surface area contributed by atoms with Crippen molar-refractivity contribution in [2.75, 3.05) is 14.1 Å². The molecule has 0 saturated carbocycles. The molecule has 0 unspecified atom stereocenters. The second kappa shape index (κ2) is 6.05. The third-order valence-electron chi connectivity index (χ3n) is 6.97. The van der Waals surface area contributed by atoms with Gasteiger partial charge in [0.25, 0.3) is 0 Å². The summed E-state index contributed by atoms with van der Waals surface area (Å²) in [5.41, 5.74) is 0.709. The van der Waals surface area contributed by atoms with Crippen LogP contribution in [0.3, 0.4) is 0 Å². The topological polar surface area (TPSA) is 31.2 Å². The molecule has 0 amide bonds. The molecule has 2 rings (SSSR count). The van der Waals surface area contributed by atoms with E-state index in [9.17, 15) is 0 Å². The summed E-state index contributed by atoms with van der Waals surface area (Å²) < 4.78 is 0. The van der Waals surface area contributed by atoms with Crippen molar-refractivity contribution >= 4 is 0 Å². The molecule has 140 valence electrons. The van der Waals surface area contributed by atoms with Crippen LogP contribution < -0.4 is 0 Å². The fraction of sp³-hybridized carbons (Fsp3) is 1.00. The van der Waals surface area contributed by atoms with Gasteiger partial charge in [0, 0.05) is 22.2 Å². The molecule has 24 heavy (non-hydrogen) atoms. The molecule has 2 saturated heterocycles. The smallest absolute Gasteiger partial charge is 0.0743 e. The zero-order valence-electron chi connectivity index (χ0n) is 17.8. The highest BCUT2D eigenvalue weighted by atomic mass is 15.3. The third kappa shape index (κ3) is 3.85. The minimum atomic E-state index is 0.177. The second-order valence-electron chi connectivity index (χ2n) is 10.7. The average molecular weight is 337 g/mol. The van der Waals surface area contributed by atoms with Crippen molar-refractivity contribution in [1.82, 2.24) is 9.80 Å². The van der Waals surface area contributed by atoms with Crippen LogP contribution >= 0.6 is 0 Å². The second-order valence-corrected chi connectivity index (χ2v) is 10.7. The van der Waals surface area contributed by atoms with Gasteiger partial charge in [0.1, 0.15) is 0 Å². The van der Waals surface area contributed by atoms with Crippen molar-refractivity contribution in [1.29, 1.82) is 0 Å². The lowest BCUT2D eigenvalue weighted by Gasteiger charge is -2.53. The van der Waals surface area contributed by atoms with Crippen LogP contribution in [0.5, 0.6) is 0 Å². The Balaban J connectivity index is 2.11. The van der Waals surface area contributed by atoms with Crippen LogP contribution in [0, 0.1) is 0 Å². The maximum atomic E-state index is 4.87. The maximum Gasteiger partial charge on any atom is 0.0743 e. The summed E-state index contributed by atoms with van der Waals surface area (Å²) in [6, 6.07) is 0.689. The first-order chi connectivity index (χ1) is 10.7. The van der Waals surface area contributed by atoms with E-state index >= 15 is 0 Å². The minimum absolute atomic E-state index is 0.177. The molecule has 0 bridgehead atoms. The zero-order chi connectivity index (χ0) is 18.6. The molecular weight excluding hydrogens is 296 g/mol. The van der Waals surface area contributed by atoms with E-state index in [2.05, 4.69) is 79.3 Å². The van der Waals surface area contributed by atoms with Gasteiger partial charge in [-0.25, -0.2) is 0 Å². The van der Waals surface area contributed by atoms with Crippen molar-refractivity contribution in [2.24, 2.45) is 10.2 Å². The Morgan fingerprint density at radius 1 is 0.542 bits per heavy atom. The van der Waals surface area contributed by atoms with E-state index in [4.69, 9.17) is 10.2 Å². The molecule has 0 aromatic carbocycles. The Bertz CT molecular complexity index is 410. The van der Waals surface area contributed by atoms with Crippen molar-refractivity contribution in [3.8, 4) is 0 Å². The molecular formula is C20H40N4. The fourth-order valence-electron chi connectivity index (χ4n) is 4.99. The fourth-order valence-corrected chi connectivity index (χ4v) is 4.99. The number of piperidine rings is 2. The summed E-state index contributed by atoms with van der Waals surface area (Å²) in [6.07, 6.45) is 4.37. The van der Waals surface area contributed by atoms with Gasteiger partial charge in [-0.05, 0) is 95.2 Å². The predicted octanol–water partition coefficient (Wildman–Crippen LogP) is 4.74. The van der Waals surface area contributed by atoms with E-state index in [1.54, 1.807) is 0 Å². The van der Waals surface area contributed by atoms with Crippen LogP contribution in [0.2, 0.25) is 0 Å². The summed E-state index contributed by atoms with van der Waals surface area (Å²) in [5.74, 6) is 0. The molecule has 0 spiro atoms. The molecule has 0 radical (unpaired) electrons. The SMILES string of the molecule is CN1C(C)(C)CC(N=NC2CC(C)(C)N(C)C(C)(C)C2)CC1(C)C.